The highest BCUT2D eigenvalue weighted by Gasteiger charge is 2.13. The molecule has 2 aromatic carbocycles. The van der Waals surface area contributed by atoms with E-state index < -0.39 is 5.97 Å². The largest absolute Gasteiger partial charge is 0.496 e. The molecule has 0 spiro atoms. The molecule has 1 heterocycles. The first-order valence-corrected chi connectivity index (χ1v) is 10.9. The van der Waals surface area contributed by atoms with Gasteiger partial charge >= 0.3 is 5.97 Å². The van der Waals surface area contributed by atoms with Gasteiger partial charge in [0.15, 0.2) is 0 Å². The van der Waals surface area contributed by atoms with Crippen LogP contribution in [-0.4, -0.2) is 72.6 Å². The van der Waals surface area contributed by atoms with Crippen molar-refractivity contribution in [2.75, 3.05) is 35.3 Å². The molecule has 182 valence electrons. The molecule has 0 unspecified atom stereocenters. The molecule has 0 fully saturated rings. The second-order valence-corrected chi connectivity index (χ2v) is 8.45. The van der Waals surface area contributed by atoms with Crippen LogP contribution in [0.2, 0.25) is 0 Å². The zero-order valence-corrected chi connectivity index (χ0v) is 20.5. The lowest BCUT2D eigenvalue weighted by atomic mass is 10.1. The van der Waals surface area contributed by atoms with Gasteiger partial charge in [-0.15, -0.1) is 0 Å². The lowest BCUT2D eigenvalue weighted by Crippen LogP contribution is -2.18. The van der Waals surface area contributed by atoms with E-state index in [1.807, 2.05) is 29.0 Å². The molecular weight excluding hydrogens is 446 g/mol. The monoisotopic (exact) mass is 475 g/mol. The molecule has 0 aliphatic heterocycles. The van der Waals surface area contributed by atoms with Gasteiger partial charge in [-0.25, -0.2) is 4.79 Å². The average molecular weight is 476 g/mol. The van der Waals surface area contributed by atoms with Crippen molar-refractivity contribution in [3.63, 3.8) is 0 Å². The average Bonchev–Trinajstić information content (AvgIpc) is 3.17. The molecule has 3 rings (SSSR count). The molecule has 3 aromatic rings. The van der Waals surface area contributed by atoms with Gasteiger partial charge in [-0.05, 0) is 35.9 Å². The van der Waals surface area contributed by atoms with Gasteiger partial charge in [0.05, 0.1) is 19.2 Å². The van der Waals surface area contributed by atoms with Gasteiger partial charge in [0.1, 0.15) is 5.75 Å². The molecule has 2 amide bonds. The summed E-state index contributed by atoms with van der Waals surface area (Å²) >= 11 is 0. The zero-order valence-electron chi connectivity index (χ0n) is 20.5. The Morgan fingerprint density at radius 2 is 1.60 bits per heavy atom. The number of hydrogen-bond acceptors (Lipinski definition) is 4. The highest BCUT2D eigenvalue weighted by Crippen LogP contribution is 2.28. The second kappa shape index (κ2) is 10.7. The van der Waals surface area contributed by atoms with E-state index in [0.717, 1.165) is 27.6 Å². The Morgan fingerprint density at radius 1 is 0.943 bits per heavy atom. The number of aromatic nitrogens is 1. The molecule has 1 N–H and O–H groups in total. The van der Waals surface area contributed by atoms with Crippen molar-refractivity contribution in [2.45, 2.75) is 6.54 Å². The van der Waals surface area contributed by atoms with Crippen molar-refractivity contribution < 1.29 is 24.2 Å². The maximum absolute atomic E-state index is 12.1. The number of amides is 2. The van der Waals surface area contributed by atoms with E-state index in [-0.39, 0.29) is 17.4 Å². The van der Waals surface area contributed by atoms with Gasteiger partial charge in [-0.3, -0.25) is 9.59 Å². The summed E-state index contributed by atoms with van der Waals surface area (Å²) in [5, 5.41) is 10.2. The number of methoxy groups -OCH3 is 1. The van der Waals surface area contributed by atoms with E-state index in [2.05, 4.69) is 0 Å². The predicted molar refractivity (Wildman–Crippen MR) is 136 cm³/mol. The topological polar surface area (TPSA) is 92.1 Å². The van der Waals surface area contributed by atoms with Crippen LogP contribution >= 0.6 is 0 Å². The molecule has 1 aromatic heterocycles. The maximum atomic E-state index is 12.1. The molecule has 0 radical (unpaired) electrons. The van der Waals surface area contributed by atoms with Gasteiger partial charge < -0.3 is 24.2 Å². The molecule has 0 saturated carbocycles. The summed E-state index contributed by atoms with van der Waals surface area (Å²) < 4.78 is 7.46. The van der Waals surface area contributed by atoms with Crippen LogP contribution in [0.15, 0.2) is 54.7 Å². The van der Waals surface area contributed by atoms with Crippen LogP contribution < -0.4 is 4.74 Å². The molecule has 8 nitrogen and oxygen atoms in total. The number of aromatic carboxylic acids is 1. The van der Waals surface area contributed by atoms with Crippen molar-refractivity contribution >= 4 is 40.8 Å². The van der Waals surface area contributed by atoms with Crippen molar-refractivity contribution in [1.29, 1.82) is 0 Å². The standard InChI is InChI=1S/C27H29N3O5/c1-28(2)25(31)12-7-18-6-11-22-20(10-13-26(32)29(3)4)16-30(23(22)14-18)17-21-9-8-19(27(33)34)15-24(21)35-5/h6-16H,17H2,1-5H3,(H,33,34)/b12-7+,13-10?. The van der Waals surface area contributed by atoms with Crippen LogP contribution in [0.25, 0.3) is 23.1 Å². The van der Waals surface area contributed by atoms with E-state index in [9.17, 15) is 19.5 Å². The summed E-state index contributed by atoms with van der Waals surface area (Å²) in [7, 11) is 8.27. The molecule has 0 aliphatic carbocycles. The maximum Gasteiger partial charge on any atom is 0.335 e. The fraction of sp³-hybridized carbons (Fsp3) is 0.222. The minimum atomic E-state index is -1.03. The molecule has 0 atom stereocenters. The minimum Gasteiger partial charge on any atom is -0.496 e. The highest BCUT2D eigenvalue weighted by molar-refractivity contribution is 5.97. The van der Waals surface area contributed by atoms with Crippen LogP contribution in [0.5, 0.6) is 5.75 Å². The second-order valence-electron chi connectivity index (χ2n) is 8.45. The summed E-state index contributed by atoms with van der Waals surface area (Å²) in [6.45, 7) is 0.416. The van der Waals surface area contributed by atoms with E-state index in [4.69, 9.17) is 4.74 Å². The number of rotatable bonds is 8. The van der Waals surface area contributed by atoms with Gasteiger partial charge in [0.25, 0.3) is 0 Å². The van der Waals surface area contributed by atoms with Crippen LogP contribution in [0.3, 0.4) is 0 Å². The number of carboxylic acids is 1. The number of benzene rings is 2. The zero-order chi connectivity index (χ0) is 25.7. The van der Waals surface area contributed by atoms with Crippen LogP contribution in [-0.2, 0) is 16.1 Å². The van der Waals surface area contributed by atoms with Crippen molar-refractivity contribution in [2.24, 2.45) is 0 Å². The number of hydrogen-bond donors (Lipinski definition) is 1. The van der Waals surface area contributed by atoms with Crippen molar-refractivity contribution in [3.8, 4) is 5.75 Å². The summed E-state index contributed by atoms with van der Waals surface area (Å²) in [5.41, 5.74) is 3.55. The molecule has 0 saturated heterocycles. The van der Waals surface area contributed by atoms with Gasteiger partial charge in [-0.1, -0.05) is 18.2 Å². The predicted octanol–water partition coefficient (Wildman–Crippen LogP) is 3.60. The number of carbonyl (C=O) groups excluding carboxylic acids is 2. The number of carboxylic acid groups (broad SMARTS) is 1. The molecular formula is C27H29N3O5. The van der Waals surface area contributed by atoms with Gasteiger partial charge in [0.2, 0.25) is 11.8 Å². The Labute approximate surface area is 204 Å². The molecule has 0 bridgehead atoms. The number of fused-ring (bicyclic) bond motifs is 1. The van der Waals surface area contributed by atoms with E-state index in [1.165, 1.54) is 35.1 Å². The highest BCUT2D eigenvalue weighted by atomic mass is 16.5. The van der Waals surface area contributed by atoms with Crippen LogP contribution in [0.1, 0.15) is 27.0 Å². The van der Waals surface area contributed by atoms with Crippen LogP contribution in [0, 0.1) is 0 Å². The number of carbonyl (C=O) groups is 3. The normalized spacial score (nSPS) is 11.3. The Bertz CT molecular complexity index is 1330. The third kappa shape index (κ3) is 5.97. The molecule has 8 heteroatoms. The Kier molecular flexibility index (Phi) is 7.76. The first kappa shape index (κ1) is 25.3. The Balaban J connectivity index is 2.09. The summed E-state index contributed by atoms with van der Waals surface area (Å²) in [6.07, 6.45) is 8.50. The smallest absolute Gasteiger partial charge is 0.335 e. The van der Waals surface area contributed by atoms with Crippen molar-refractivity contribution in [1.82, 2.24) is 14.4 Å². The van der Waals surface area contributed by atoms with E-state index >= 15 is 0 Å². The summed E-state index contributed by atoms with van der Waals surface area (Å²) in [6, 6.07) is 10.6. The molecule has 0 aliphatic rings. The van der Waals surface area contributed by atoms with E-state index in [1.54, 1.807) is 52.5 Å². The lowest BCUT2D eigenvalue weighted by Gasteiger charge is -2.12. The Hall–Kier alpha value is -4.33. The number of nitrogens with zero attached hydrogens (tertiary/aromatic N) is 3. The van der Waals surface area contributed by atoms with Gasteiger partial charge in [0, 0.05) is 68.6 Å². The first-order chi connectivity index (χ1) is 16.6. The summed E-state index contributed by atoms with van der Waals surface area (Å²) in [4.78, 5) is 38.4. The third-order valence-corrected chi connectivity index (χ3v) is 5.52. The number of ether oxygens (including phenoxy) is 1. The fourth-order valence-electron chi connectivity index (χ4n) is 3.52. The SMILES string of the molecule is COc1cc(C(=O)O)ccc1Cn1cc(C=CC(=O)N(C)C)c2ccc(/C=C/C(=O)N(C)C)cc21. The quantitative estimate of drug-likeness (QED) is 0.503. The number of likely N-dealkylation sites (N-methyl/N-ethyl adjacent to an activating group) is 2. The van der Waals surface area contributed by atoms with E-state index in [0.29, 0.717) is 12.3 Å². The fourth-order valence-corrected chi connectivity index (χ4v) is 3.52. The third-order valence-electron chi connectivity index (χ3n) is 5.52. The van der Waals surface area contributed by atoms with Gasteiger partial charge in [-0.2, -0.15) is 0 Å². The van der Waals surface area contributed by atoms with Crippen molar-refractivity contribution in [3.05, 3.63) is 77.0 Å². The Morgan fingerprint density at radius 3 is 2.20 bits per heavy atom. The molecule has 35 heavy (non-hydrogen) atoms. The van der Waals surface area contributed by atoms with Crippen LogP contribution in [0.4, 0.5) is 0 Å². The first-order valence-electron chi connectivity index (χ1n) is 10.9. The lowest BCUT2D eigenvalue weighted by molar-refractivity contribution is -0.124. The minimum absolute atomic E-state index is 0.116. The summed E-state index contributed by atoms with van der Waals surface area (Å²) in [5.74, 6) is -0.796.